The van der Waals surface area contributed by atoms with Gasteiger partial charge in [0.2, 0.25) is 0 Å². The van der Waals surface area contributed by atoms with Gasteiger partial charge >= 0.3 is 0 Å². The molecule has 5 nitrogen and oxygen atoms in total. The predicted molar refractivity (Wildman–Crippen MR) is 108 cm³/mol. The largest absolute Gasteiger partial charge is 0.381 e. The molecule has 0 aliphatic carbocycles. The molecule has 144 valence electrons. The molecule has 5 heteroatoms. The van der Waals surface area contributed by atoms with Crippen molar-refractivity contribution in [1.82, 2.24) is 15.1 Å². The van der Waals surface area contributed by atoms with Crippen LogP contribution in [0.3, 0.4) is 0 Å². The molecule has 1 atom stereocenters. The second kappa shape index (κ2) is 8.40. The van der Waals surface area contributed by atoms with Crippen molar-refractivity contribution in [2.24, 2.45) is 10.9 Å². The molecule has 0 saturated carbocycles. The maximum atomic E-state index is 5.50. The molecular weight excluding hydrogens is 324 g/mol. The Hall–Kier alpha value is -1.59. The summed E-state index contributed by atoms with van der Waals surface area (Å²) in [4.78, 5) is 9.31. The topological polar surface area (TPSA) is 40.1 Å². The summed E-state index contributed by atoms with van der Waals surface area (Å²) in [7, 11) is 3.99. The van der Waals surface area contributed by atoms with E-state index in [1.807, 2.05) is 7.05 Å². The zero-order chi connectivity index (χ0) is 18.6. The van der Waals surface area contributed by atoms with E-state index < -0.39 is 0 Å². The second-order valence-electron chi connectivity index (χ2n) is 8.26. The third-order valence-corrected chi connectivity index (χ3v) is 5.80. The number of nitrogens with zero attached hydrogens (tertiary/aromatic N) is 3. The fourth-order valence-electron chi connectivity index (χ4n) is 4.01. The number of benzene rings is 1. The molecule has 1 unspecified atom stereocenters. The van der Waals surface area contributed by atoms with Gasteiger partial charge in [0.25, 0.3) is 0 Å². The van der Waals surface area contributed by atoms with E-state index >= 15 is 0 Å². The monoisotopic (exact) mass is 358 g/mol. The van der Waals surface area contributed by atoms with Crippen LogP contribution in [0, 0.1) is 5.92 Å². The molecule has 2 aliphatic heterocycles. The van der Waals surface area contributed by atoms with Gasteiger partial charge in [0.15, 0.2) is 5.96 Å². The van der Waals surface area contributed by atoms with Gasteiger partial charge in [0.05, 0.1) is 6.61 Å². The average molecular weight is 359 g/mol. The molecule has 1 N–H and O–H groups in total. The molecule has 2 aliphatic rings. The molecule has 0 radical (unpaired) electrons. The van der Waals surface area contributed by atoms with Crippen LogP contribution in [0.2, 0.25) is 0 Å². The van der Waals surface area contributed by atoms with Crippen LogP contribution in [0.1, 0.15) is 31.4 Å². The van der Waals surface area contributed by atoms with Gasteiger partial charge in [-0.05, 0) is 37.8 Å². The first-order valence-corrected chi connectivity index (χ1v) is 9.81. The first-order valence-electron chi connectivity index (χ1n) is 9.81. The quantitative estimate of drug-likeness (QED) is 0.648. The SMILES string of the molecule is CN=C(NCC(C)(C)N1CCc2ccccc2C1)N(C)CC1CCOC1. The van der Waals surface area contributed by atoms with Gasteiger partial charge < -0.3 is 15.0 Å². The minimum absolute atomic E-state index is 0.0702. The summed E-state index contributed by atoms with van der Waals surface area (Å²) in [6.07, 6.45) is 2.29. The summed E-state index contributed by atoms with van der Waals surface area (Å²) in [5.41, 5.74) is 3.04. The maximum absolute atomic E-state index is 5.50. The molecule has 1 aromatic rings. The highest BCUT2D eigenvalue weighted by Gasteiger charge is 2.30. The lowest BCUT2D eigenvalue weighted by atomic mass is 9.94. The van der Waals surface area contributed by atoms with Gasteiger partial charge in [-0.15, -0.1) is 0 Å². The van der Waals surface area contributed by atoms with Crippen molar-refractivity contribution in [3.63, 3.8) is 0 Å². The number of guanidine groups is 1. The van der Waals surface area contributed by atoms with Gasteiger partial charge in [-0.2, -0.15) is 0 Å². The number of rotatable bonds is 5. The standard InChI is InChI=1S/C21H34N4O/c1-21(2,25-11-9-18-7-5-6-8-19(18)14-25)16-23-20(22-3)24(4)13-17-10-12-26-15-17/h5-8,17H,9-16H2,1-4H3,(H,22,23). The number of hydrogen-bond donors (Lipinski definition) is 1. The van der Waals surface area contributed by atoms with Crippen LogP contribution in [-0.4, -0.2) is 68.2 Å². The molecule has 2 heterocycles. The molecule has 0 amide bonds. The van der Waals surface area contributed by atoms with Gasteiger partial charge in [-0.1, -0.05) is 24.3 Å². The van der Waals surface area contributed by atoms with Crippen molar-refractivity contribution in [3.05, 3.63) is 35.4 Å². The van der Waals surface area contributed by atoms with Crippen molar-refractivity contribution in [3.8, 4) is 0 Å². The number of hydrogen-bond acceptors (Lipinski definition) is 3. The van der Waals surface area contributed by atoms with Crippen molar-refractivity contribution < 1.29 is 4.74 Å². The van der Waals surface area contributed by atoms with E-state index in [0.29, 0.717) is 5.92 Å². The Balaban J connectivity index is 1.55. The zero-order valence-electron chi connectivity index (χ0n) is 16.8. The van der Waals surface area contributed by atoms with Crippen LogP contribution in [0.25, 0.3) is 0 Å². The third kappa shape index (κ3) is 4.57. The fourth-order valence-corrected chi connectivity index (χ4v) is 4.01. The minimum Gasteiger partial charge on any atom is -0.381 e. The summed E-state index contributed by atoms with van der Waals surface area (Å²) < 4.78 is 5.50. The first-order chi connectivity index (χ1) is 12.5. The van der Waals surface area contributed by atoms with Gasteiger partial charge in [-0.3, -0.25) is 9.89 Å². The Kier molecular flexibility index (Phi) is 6.20. The smallest absolute Gasteiger partial charge is 0.193 e. The summed E-state index contributed by atoms with van der Waals surface area (Å²) >= 11 is 0. The summed E-state index contributed by atoms with van der Waals surface area (Å²) in [6, 6.07) is 8.83. The van der Waals surface area contributed by atoms with Crippen LogP contribution in [0.4, 0.5) is 0 Å². The predicted octanol–water partition coefficient (Wildman–Crippen LogP) is 2.37. The Bertz CT molecular complexity index is 622. The molecular formula is C21H34N4O. The Labute approximate surface area is 158 Å². The summed E-state index contributed by atoms with van der Waals surface area (Å²) in [5.74, 6) is 1.59. The highest BCUT2D eigenvalue weighted by Crippen LogP contribution is 2.25. The molecule has 26 heavy (non-hydrogen) atoms. The molecule has 0 spiro atoms. The van der Waals surface area contributed by atoms with E-state index in [4.69, 9.17) is 4.74 Å². The van der Waals surface area contributed by atoms with E-state index in [1.165, 1.54) is 11.1 Å². The van der Waals surface area contributed by atoms with Crippen LogP contribution in [-0.2, 0) is 17.7 Å². The van der Waals surface area contributed by atoms with Crippen molar-refractivity contribution in [1.29, 1.82) is 0 Å². The average Bonchev–Trinajstić information content (AvgIpc) is 3.14. The fraction of sp³-hybridized carbons (Fsp3) is 0.667. The van der Waals surface area contributed by atoms with E-state index in [2.05, 4.69) is 65.3 Å². The Morgan fingerprint density at radius 2 is 2.12 bits per heavy atom. The van der Waals surface area contributed by atoms with Crippen LogP contribution >= 0.6 is 0 Å². The molecule has 0 aromatic heterocycles. The molecule has 1 saturated heterocycles. The normalized spacial score (nSPS) is 21.5. The van der Waals surface area contributed by atoms with E-state index in [1.54, 1.807) is 0 Å². The number of aliphatic imine (C=N–C) groups is 1. The number of nitrogens with one attached hydrogen (secondary N) is 1. The summed E-state index contributed by atoms with van der Waals surface area (Å²) in [6.45, 7) is 10.4. The van der Waals surface area contributed by atoms with E-state index in [0.717, 1.165) is 58.2 Å². The Morgan fingerprint density at radius 3 is 2.81 bits per heavy atom. The lowest BCUT2D eigenvalue weighted by molar-refractivity contribution is 0.106. The molecule has 3 rings (SSSR count). The van der Waals surface area contributed by atoms with Crippen molar-refractivity contribution >= 4 is 5.96 Å². The van der Waals surface area contributed by atoms with E-state index in [-0.39, 0.29) is 5.54 Å². The van der Waals surface area contributed by atoms with Crippen molar-refractivity contribution in [2.45, 2.75) is 38.8 Å². The lowest BCUT2D eigenvalue weighted by Crippen LogP contribution is -2.55. The van der Waals surface area contributed by atoms with Crippen LogP contribution < -0.4 is 5.32 Å². The molecule has 0 bridgehead atoms. The van der Waals surface area contributed by atoms with Crippen molar-refractivity contribution in [2.75, 3.05) is 46.9 Å². The number of fused-ring (bicyclic) bond motifs is 1. The lowest BCUT2D eigenvalue weighted by Gasteiger charge is -2.42. The minimum atomic E-state index is 0.0702. The molecule has 1 aromatic carbocycles. The number of ether oxygens (including phenoxy) is 1. The zero-order valence-corrected chi connectivity index (χ0v) is 16.8. The summed E-state index contributed by atoms with van der Waals surface area (Å²) in [5, 5.41) is 3.60. The first kappa shape index (κ1) is 19.2. The van der Waals surface area contributed by atoms with Gasteiger partial charge in [-0.25, -0.2) is 0 Å². The molecule has 1 fully saturated rings. The van der Waals surface area contributed by atoms with Crippen LogP contribution in [0.5, 0.6) is 0 Å². The third-order valence-electron chi connectivity index (χ3n) is 5.80. The highest BCUT2D eigenvalue weighted by atomic mass is 16.5. The van der Waals surface area contributed by atoms with Gasteiger partial charge in [0, 0.05) is 58.3 Å². The highest BCUT2D eigenvalue weighted by molar-refractivity contribution is 5.79. The van der Waals surface area contributed by atoms with Gasteiger partial charge in [0.1, 0.15) is 0 Å². The van der Waals surface area contributed by atoms with Crippen LogP contribution in [0.15, 0.2) is 29.3 Å². The Morgan fingerprint density at radius 1 is 1.35 bits per heavy atom. The second-order valence-corrected chi connectivity index (χ2v) is 8.26. The maximum Gasteiger partial charge on any atom is 0.193 e. The van der Waals surface area contributed by atoms with E-state index in [9.17, 15) is 0 Å².